The highest BCUT2D eigenvalue weighted by Gasteiger charge is 2.57. The van der Waals surface area contributed by atoms with Gasteiger partial charge in [0.1, 0.15) is 0 Å². The van der Waals surface area contributed by atoms with E-state index in [1.807, 2.05) is 0 Å². The quantitative estimate of drug-likeness (QED) is 0.717. The van der Waals surface area contributed by atoms with E-state index in [-0.39, 0.29) is 6.42 Å². The zero-order valence-electron chi connectivity index (χ0n) is 8.90. The lowest BCUT2D eigenvalue weighted by molar-refractivity contribution is -0.322. The number of aliphatic hydroxyl groups excluding tert-OH is 1. The van der Waals surface area contributed by atoms with E-state index in [1.54, 1.807) is 0 Å². The second-order valence-electron chi connectivity index (χ2n) is 3.29. The van der Waals surface area contributed by atoms with E-state index in [9.17, 15) is 26.3 Å². The molecule has 0 heterocycles. The maximum atomic E-state index is 12.0. The Bertz CT molecular complexity index is 199. The summed E-state index contributed by atoms with van der Waals surface area (Å²) < 4.78 is 75.8. The number of halogens is 6. The van der Waals surface area contributed by atoms with Crippen LogP contribution in [0, 0.1) is 0 Å². The third-order valence-electron chi connectivity index (χ3n) is 1.97. The van der Waals surface area contributed by atoms with E-state index in [1.165, 1.54) is 7.05 Å². The highest BCUT2D eigenvalue weighted by atomic mass is 19.4. The Labute approximate surface area is 93.7 Å². The van der Waals surface area contributed by atoms with Crippen molar-refractivity contribution in [2.45, 2.75) is 30.9 Å². The minimum atomic E-state index is -5.49. The lowest BCUT2D eigenvalue weighted by Crippen LogP contribution is -2.45. The van der Waals surface area contributed by atoms with Crippen molar-refractivity contribution in [3.05, 3.63) is 0 Å². The van der Waals surface area contributed by atoms with Gasteiger partial charge in [-0.15, -0.1) is 0 Å². The van der Waals surface area contributed by atoms with Crippen LogP contribution in [-0.2, 0) is 4.74 Å². The predicted octanol–water partition coefficient (Wildman–Crippen LogP) is 1.47. The van der Waals surface area contributed by atoms with E-state index < -0.39 is 37.7 Å². The predicted molar refractivity (Wildman–Crippen MR) is 46.4 cm³/mol. The van der Waals surface area contributed by atoms with Crippen LogP contribution >= 0.6 is 0 Å². The summed E-state index contributed by atoms with van der Waals surface area (Å²) in [5.41, 5.74) is 0. The van der Waals surface area contributed by atoms with Gasteiger partial charge in [0, 0.05) is 12.6 Å². The van der Waals surface area contributed by atoms with E-state index in [2.05, 4.69) is 10.1 Å². The molecule has 0 aliphatic heterocycles. The molecule has 0 amide bonds. The zero-order valence-corrected chi connectivity index (χ0v) is 8.90. The second kappa shape index (κ2) is 6.41. The van der Waals surface area contributed by atoms with Crippen molar-refractivity contribution >= 4 is 0 Å². The van der Waals surface area contributed by atoms with Gasteiger partial charge in [-0.1, -0.05) is 0 Å². The van der Waals surface area contributed by atoms with Crippen LogP contribution in [0.4, 0.5) is 26.3 Å². The fraction of sp³-hybridized carbons (Fsp3) is 1.00. The molecule has 104 valence electrons. The Kier molecular flexibility index (Phi) is 6.20. The molecule has 0 bridgehead atoms. The monoisotopic (exact) mass is 269 g/mol. The van der Waals surface area contributed by atoms with Crippen LogP contribution in [-0.4, -0.2) is 49.9 Å². The molecule has 0 rings (SSSR count). The van der Waals surface area contributed by atoms with Crippen molar-refractivity contribution in [3.8, 4) is 0 Å². The SMILES string of the molecule is CNC(CO)CCOC(C(F)(F)F)C(F)(F)F. The maximum Gasteiger partial charge on any atom is 0.423 e. The molecule has 0 spiro atoms. The smallest absolute Gasteiger partial charge is 0.395 e. The molecule has 17 heavy (non-hydrogen) atoms. The number of aliphatic hydroxyl groups is 1. The highest BCUT2D eigenvalue weighted by molar-refractivity contribution is 4.76. The molecular weight excluding hydrogens is 256 g/mol. The maximum absolute atomic E-state index is 12.0. The molecule has 1 unspecified atom stereocenters. The summed E-state index contributed by atoms with van der Waals surface area (Å²) in [5, 5.41) is 11.2. The first-order valence-corrected chi connectivity index (χ1v) is 4.66. The van der Waals surface area contributed by atoms with E-state index >= 15 is 0 Å². The van der Waals surface area contributed by atoms with Crippen molar-refractivity contribution in [2.24, 2.45) is 0 Å². The third kappa shape index (κ3) is 6.08. The molecule has 0 saturated carbocycles. The molecule has 2 N–H and O–H groups in total. The number of nitrogens with one attached hydrogen (secondary N) is 1. The van der Waals surface area contributed by atoms with Gasteiger partial charge in [0.15, 0.2) is 0 Å². The van der Waals surface area contributed by atoms with Crippen LogP contribution in [0.2, 0.25) is 0 Å². The van der Waals surface area contributed by atoms with Crippen molar-refractivity contribution in [3.63, 3.8) is 0 Å². The Hall–Kier alpha value is -0.540. The number of likely N-dealkylation sites (N-methyl/N-ethyl adjacent to an activating group) is 1. The molecule has 0 aromatic carbocycles. The van der Waals surface area contributed by atoms with Crippen molar-refractivity contribution < 1.29 is 36.2 Å². The summed E-state index contributed by atoms with van der Waals surface area (Å²) in [5.74, 6) is 0. The molecule has 0 radical (unpaired) electrons. The number of hydrogen-bond donors (Lipinski definition) is 2. The van der Waals surface area contributed by atoms with Gasteiger partial charge in [-0.3, -0.25) is 0 Å². The molecule has 9 heteroatoms. The van der Waals surface area contributed by atoms with Gasteiger partial charge in [-0.2, -0.15) is 26.3 Å². The fourth-order valence-electron chi connectivity index (χ4n) is 1.03. The van der Waals surface area contributed by atoms with Gasteiger partial charge in [0.2, 0.25) is 6.10 Å². The van der Waals surface area contributed by atoms with Crippen molar-refractivity contribution in [1.82, 2.24) is 5.32 Å². The Morgan fingerprint density at radius 2 is 1.59 bits per heavy atom. The molecule has 0 saturated heterocycles. The van der Waals surface area contributed by atoms with Crippen LogP contribution in [0.25, 0.3) is 0 Å². The Morgan fingerprint density at radius 1 is 1.12 bits per heavy atom. The van der Waals surface area contributed by atoms with Crippen LogP contribution < -0.4 is 5.32 Å². The first-order chi connectivity index (χ1) is 7.62. The van der Waals surface area contributed by atoms with Crippen LogP contribution in [0.5, 0.6) is 0 Å². The average Bonchev–Trinajstić information content (AvgIpc) is 2.14. The van der Waals surface area contributed by atoms with E-state index in [0.29, 0.717) is 0 Å². The van der Waals surface area contributed by atoms with Crippen molar-refractivity contribution in [2.75, 3.05) is 20.3 Å². The summed E-state index contributed by atoms with van der Waals surface area (Å²) >= 11 is 0. The lowest BCUT2D eigenvalue weighted by Gasteiger charge is -2.24. The number of rotatable bonds is 6. The summed E-state index contributed by atoms with van der Waals surface area (Å²) in [7, 11) is 1.42. The van der Waals surface area contributed by atoms with Gasteiger partial charge in [-0.05, 0) is 13.5 Å². The minimum absolute atomic E-state index is 0.157. The lowest BCUT2D eigenvalue weighted by atomic mass is 10.2. The number of ether oxygens (including phenoxy) is 1. The first kappa shape index (κ1) is 16.5. The van der Waals surface area contributed by atoms with Gasteiger partial charge in [-0.25, -0.2) is 0 Å². The number of alkyl halides is 6. The fourth-order valence-corrected chi connectivity index (χ4v) is 1.03. The van der Waals surface area contributed by atoms with E-state index in [0.717, 1.165) is 0 Å². The molecule has 0 aromatic heterocycles. The van der Waals surface area contributed by atoms with Crippen LogP contribution in [0.15, 0.2) is 0 Å². The molecule has 1 atom stereocenters. The van der Waals surface area contributed by atoms with E-state index in [4.69, 9.17) is 5.11 Å². The number of hydrogen-bond acceptors (Lipinski definition) is 3. The average molecular weight is 269 g/mol. The highest BCUT2D eigenvalue weighted by Crippen LogP contribution is 2.35. The Balaban J connectivity index is 4.30. The van der Waals surface area contributed by atoms with Crippen LogP contribution in [0.1, 0.15) is 6.42 Å². The summed E-state index contributed by atoms with van der Waals surface area (Å²) in [6.45, 7) is -1.15. The molecule has 0 aliphatic carbocycles. The van der Waals surface area contributed by atoms with Gasteiger partial charge in [0.05, 0.1) is 6.61 Å². The topological polar surface area (TPSA) is 41.5 Å². The Morgan fingerprint density at radius 3 is 1.88 bits per heavy atom. The summed E-state index contributed by atoms with van der Waals surface area (Å²) in [4.78, 5) is 0. The molecular formula is C8H13F6NO2. The standard InChI is InChI=1S/C8H13F6NO2/c1-15-5(4-16)2-3-17-6(7(9,10)11)8(12,13)14/h5-6,15-16H,2-4H2,1H3. The van der Waals surface area contributed by atoms with Gasteiger partial charge in [0.25, 0.3) is 0 Å². The molecule has 3 nitrogen and oxygen atoms in total. The third-order valence-corrected chi connectivity index (χ3v) is 1.97. The summed E-state index contributed by atoms with van der Waals surface area (Å²) in [6, 6.07) is -0.600. The largest absolute Gasteiger partial charge is 0.423 e. The minimum Gasteiger partial charge on any atom is -0.395 e. The normalized spacial score (nSPS) is 15.4. The van der Waals surface area contributed by atoms with Gasteiger partial charge < -0.3 is 15.2 Å². The summed E-state index contributed by atoms with van der Waals surface area (Å²) in [6.07, 6.45) is -14.9. The molecule has 0 fully saturated rings. The second-order valence-corrected chi connectivity index (χ2v) is 3.29. The van der Waals surface area contributed by atoms with Crippen molar-refractivity contribution in [1.29, 1.82) is 0 Å². The first-order valence-electron chi connectivity index (χ1n) is 4.66. The van der Waals surface area contributed by atoms with Crippen LogP contribution in [0.3, 0.4) is 0 Å². The molecule has 0 aliphatic rings. The zero-order chi connectivity index (χ0) is 13.7. The van der Waals surface area contributed by atoms with Gasteiger partial charge >= 0.3 is 12.4 Å². The molecule has 0 aromatic rings.